The average molecular weight is 560 g/mol. The SMILES string of the molecule is COc1ccc(Cl)cc1-n1c(C)cc([C@H]2[C@@H](c3ccccn3)NC(=S)N2CCC(=O)Nc2ccccc2)c1C. The van der Waals surface area contributed by atoms with Crippen molar-refractivity contribution in [2.75, 3.05) is 19.0 Å². The van der Waals surface area contributed by atoms with E-state index in [2.05, 4.69) is 45.0 Å². The highest BCUT2D eigenvalue weighted by atomic mass is 35.5. The minimum atomic E-state index is -0.189. The lowest BCUT2D eigenvalue weighted by molar-refractivity contribution is -0.116. The van der Waals surface area contributed by atoms with Gasteiger partial charge in [0.2, 0.25) is 5.91 Å². The van der Waals surface area contributed by atoms with E-state index in [9.17, 15) is 4.79 Å². The molecule has 1 aliphatic rings. The van der Waals surface area contributed by atoms with Crippen molar-refractivity contribution in [2.24, 2.45) is 0 Å². The van der Waals surface area contributed by atoms with Gasteiger partial charge in [-0.3, -0.25) is 9.78 Å². The number of hydrogen-bond acceptors (Lipinski definition) is 4. The second-order valence-electron chi connectivity index (χ2n) is 9.46. The Morgan fingerprint density at radius 1 is 1.10 bits per heavy atom. The lowest BCUT2D eigenvalue weighted by Crippen LogP contribution is -2.32. The zero-order valence-electron chi connectivity index (χ0n) is 22.0. The third-order valence-electron chi connectivity index (χ3n) is 7.01. The van der Waals surface area contributed by atoms with Crippen LogP contribution >= 0.6 is 23.8 Å². The van der Waals surface area contributed by atoms with Crippen LogP contribution in [-0.4, -0.2) is 39.1 Å². The first-order valence-electron chi connectivity index (χ1n) is 12.7. The summed E-state index contributed by atoms with van der Waals surface area (Å²) in [6.45, 7) is 4.59. The van der Waals surface area contributed by atoms with Gasteiger partial charge in [-0.25, -0.2) is 0 Å². The number of hydrogen-bond donors (Lipinski definition) is 2. The number of carbonyl (C=O) groups excluding carboxylic acids is 1. The molecule has 0 aliphatic carbocycles. The number of para-hydroxylation sites is 1. The van der Waals surface area contributed by atoms with Crippen LogP contribution in [0.25, 0.3) is 5.69 Å². The van der Waals surface area contributed by atoms with Gasteiger partial charge in [-0.15, -0.1) is 0 Å². The number of rotatable bonds is 8. The molecule has 39 heavy (non-hydrogen) atoms. The standard InChI is InChI=1S/C30H30ClN5O2S/c1-19-17-23(20(2)36(19)25-18-21(31)12-13-26(25)38-3)29-28(24-11-7-8-15-32-24)34-30(39)35(29)16-14-27(37)33-22-9-5-4-6-10-22/h4-13,15,17-18,28-29H,14,16H2,1-3H3,(H,33,37)(H,34,39)/t28-,29+/m1/s1. The maximum atomic E-state index is 12.8. The minimum absolute atomic E-state index is 0.0711. The molecule has 2 aromatic heterocycles. The van der Waals surface area contributed by atoms with Gasteiger partial charge in [0.1, 0.15) is 5.75 Å². The van der Waals surface area contributed by atoms with Crippen LogP contribution in [0.3, 0.4) is 0 Å². The van der Waals surface area contributed by atoms with Crippen LogP contribution in [0, 0.1) is 13.8 Å². The molecule has 0 bridgehead atoms. The monoisotopic (exact) mass is 559 g/mol. The normalized spacial score (nSPS) is 16.7. The Balaban J connectivity index is 1.51. The molecular formula is C30H30ClN5O2S. The first-order chi connectivity index (χ1) is 18.9. The van der Waals surface area contributed by atoms with E-state index in [0.29, 0.717) is 16.7 Å². The highest BCUT2D eigenvalue weighted by Gasteiger charge is 2.41. The molecule has 0 saturated carbocycles. The lowest BCUT2D eigenvalue weighted by Gasteiger charge is -2.28. The fourth-order valence-electron chi connectivity index (χ4n) is 5.25. The highest BCUT2D eigenvalue weighted by molar-refractivity contribution is 7.80. The number of aryl methyl sites for hydroxylation is 1. The van der Waals surface area contributed by atoms with E-state index in [1.165, 1.54) is 0 Å². The van der Waals surface area contributed by atoms with Gasteiger partial charge >= 0.3 is 0 Å². The van der Waals surface area contributed by atoms with Crippen LogP contribution < -0.4 is 15.4 Å². The second kappa shape index (κ2) is 11.5. The molecule has 4 aromatic rings. The number of carbonyl (C=O) groups is 1. The van der Waals surface area contributed by atoms with Gasteiger partial charge in [0.05, 0.1) is 30.6 Å². The van der Waals surface area contributed by atoms with E-state index >= 15 is 0 Å². The van der Waals surface area contributed by atoms with Gasteiger partial charge in [0, 0.05) is 41.3 Å². The summed E-state index contributed by atoms with van der Waals surface area (Å²) in [6, 6.07) is 22.7. The molecule has 0 unspecified atom stereocenters. The predicted octanol–water partition coefficient (Wildman–Crippen LogP) is 6.15. The molecule has 9 heteroatoms. The number of methoxy groups -OCH3 is 1. The lowest BCUT2D eigenvalue weighted by atomic mass is 9.96. The van der Waals surface area contributed by atoms with E-state index in [-0.39, 0.29) is 24.4 Å². The number of nitrogens with one attached hydrogen (secondary N) is 2. The number of thiocarbonyl (C=S) groups is 1. The molecule has 3 heterocycles. The van der Waals surface area contributed by atoms with Crippen LogP contribution in [0.15, 0.2) is 79.0 Å². The fourth-order valence-corrected chi connectivity index (χ4v) is 5.75. The molecule has 1 amide bonds. The number of nitrogens with zero attached hydrogens (tertiary/aromatic N) is 3. The molecule has 200 valence electrons. The van der Waals surface area contributed by atoms with Gasteiger partial charge in [0.25, 0.3) is 0 Å². The Hall–Kier alpha value is -3.88. The van der Waals surface area contributed by atoms with Gasteiger partial charge < -0.3 is 24.8 Å². The zero-order chi connectivity index (χ0) is 27.5. The smallest absolute Gasteiger partial charge is 0.226 e. The summed E-state index contributed by atoms with van der Waals surface area (Å²) in [4.78, 5) is 19.6. The topological polar surface area (TPSA) is 71.4 Å². The maximum Gasteiger partial charge on any atom is 0.226 e. The van der Waals surface area contributed by atoms with Crippen molar-refractivity contribution in [3.8, 4) is 11.4 Å². The maximum absolute atomic E-state index is 12.8. The number of ether oxygens (including phenoxy) is 1. The van der Waals surface area contributed by atoms with Crippen molar-refractivity contribution in [3.05, 3.63) is 107 Å². The Labute approximate surface area is 238 Å². The van der Waals surface area contributed by atoms with Crippen molar-refractivity contribution in [2.45, 2.75) is 32.4 Å². The van der Waals surface area contributed by atoms with Crippen LogP contribution in [-0.2, 0) is 4.79 Å². The van der Waals surface area contributed by atoms with Crippen LogP contribution in [0.5, 0.6) is 5.75 Å². The molecule has 0 spiro atoms. The Morgan fingerprint density at radius 3 is 2.59 bits per heavy atom. The van der Waals surface area contributed by atoms with E-state index in [1.807, 2.05) is 66.7 Å². The van der Waals surface area contributed by atoms with Crippen LogP contribution in [0.1, 0.15) is 41.1 Å². The summed E-state index contributed by atoms with van der Waals surface area (Å²) in [5.74, 6) is 0.654. The molecular weight excluding hydrogens is 530 g/mol. The van der Waals surface area contributed by atoms with E-state index in [0.717, 1.165) is 39.8 Å². The molecule has 0 radical (unpaired) electrons. The third-order valence-corrected chi connectivity index (χ3v) is 7.59. The van der Waals surface area contributed by atoms with Gasteiger partial charge in [0.15, 0.2) is 5.11 Å². The first kappa shape index (κ1) is 26.7. The largest absolute Gasteiger partial charge is 0.495 e. The molecule has 1 fully saturated rings. The average Bonchev–Trinajstić information content (AvgIpc) is 3.42. The number of halogens is 1. The van der Waals surface area contributed by atoms with Crippen LogP contribution in [0.4, 0.5) is 5.69 Å². The number of benzene rings is 2. The van der Waals surface area contributed by atoms with Crippen LogP contribution in [0.2, 0.25) is 5.02 Å². The van der Waals surface area contributed by atoms with Crippen molar-refractivity contribution in [1.29, 1.82) is 0 Å². The Kier molecular flexibility index (Phi) is 7.86. The highest BCUT2D eigenvalue weighted by Crippen LogP contribution is 2.42. The molecule has 7 nitrogen and oxygen atoms in total. The fraction of sp³-hybridized carbons (Fsp3) is 0.233. The summed E-state index contributed by atoms with van der Waals surface area (Å²) in [6.07, 6.45) is 2.07. The Bertz CT molecular complexity index is 1490. The molecule has 5 rings (SSSR count). The van der Waals surface area contributed by atoms with Gasteiger partial charge in [-0.2, -0.15) is 0 Å². The number of anilines is 1. The van der Waals surface area contributed by atoms with Crippen molar-refractivity contribution >= 4 is 40.5 Å². The molecule has 2 N–H and O–H groups in total. The van der Waals surface area contributed by atoms with E-state index in [4.69, 9.17) is 28.6 Å². The molecule has 1 aliphatic heterocycles. The second-order valence-corrected chi connectivity index (χ2v) is 10.3. The summed E-state index contributed by atoms with van der Waals surface area (Å²) < 4.78 is 7.81. The quantitative estimate of drug-likeness (QED) is 0.252. The first-order valence-corrected chi connectivity index (χ1v) is 13.5. The third kappa shape index (κ3) is 5.48. The van der Waals surface area contributed by atoms with Gasteiger partial charge in [-0.05, 0) is 80.2 Å². The molecule has 1 saturated heterocycles. The number of aromatic nitrogens is 2. The zero-order valence-corrected chi connectivity index (χ0v) is 23.6. The molecule has 2 atom stereocenters. The van der Waals surface area contributed by atoms with Crippen molar-refractivity contribution < 1.29 is 9.53 Å². The summed E-state index contributed by atoms with van der Waals surface area (Å²) >= 11 is 12.2. The van der Waals surface area contributed by atoms with Crippen molar-refractivity contribution in [3.63, 3.8) is 0 Å². The summed E-state index contributed by atoms with van der Waals surface area (Å²) in [5, 5.41) is 7.66. The predicted molar refractivity (Wildman–Crippen MR) is 159 cm³/mol. The van der Waals surface area contributed by atoms with E-state index in [1.54, 1.807) is 13.3 Å². The Morgan fingerprint density at radius 2 is 1.87 bits per heavy atom. The number of pyridine rings is 1. The molecule has 2 aromatic carbocycles. The van der Waals surface area contributed by atoms with E-state index < -0.39 is 0 Å². The van der Waals surface area contributed by atoms with Crippen molar-refractivity contribution in [1.82, 2.24) is 19.8 Å². The van der Waals surface area contributed by atoms with Gasteiger partial charge in [-0.1, -0.05) is 35.9 Å². The summed E-state index contributed by atoms with van der Waals surface area (Å²) in [5.41, 5.74) is 5.66. The minimum Gasteiger partial charge on any atom is -0.495 e. The number of amides is 1. The summed E-state index contributed by atoms with van der Waals surface area (Å²) in [7, 11) is 1.65.